The van der Waals surface area contributed by atoms with Crippen LogP contribution in [0.1, 0.15) is 11.1 Å². The van der Waals surface area contributed by atoms with Gasteiger partial charge in [0.1, 0.15) is 12.4 Å². The predicted molar refractivity (Wildman–Crippen MR) is 84.7 cm³/mol. The fourth-order valence-corrected chi connectivity index (χ4v) is 1.69. The summed E-state index contributed by atoms with van der Waals surface area (Å²) >= 11 is 4.69. The Morgan fingerprint density at radius 3 is 2.60 bits per heavy atom. The molecule has 3 N–H and O–H groups in total. The van der Waals surface area contributed by atoms with Crippen LogP contribution in [-0.4, -0.2) is 11.3 Å². The Morgan fingerprint density at radius 1 is 1.15 bits per heavy atom. The second kappa shape index (κ2) is 7.25. The van der Waals surface area contributed by atoms with Crippen LogP contribution in [0.4, 0.5) is 0 Å². The molecule has 0 saturated heterocycles. The summed E-state index contributed by atoms with van der Waals surface area (Å²) in [5.74, 6) is 0.834. The van der Waals surface area contributed by atoms with Crippen LogP contribution in [0.15, 0.2) is 59.7 Å². The van der Waals surface area contributed by atoms with Crippen molar-refractivity contribution in [3.63, 3.8) is 0 Å². The van der Waals surface area contributed by atoms with E-state index in [1.807, 2.05) is 54.6 Å². The first kappa shape index (κ1) is 14.0. The van der Waals surface area contributed by atoms with Gasteiger partial charge in [-0.3, -0.25) is 5.43 Å². The van der Waals surface area contributed by atoms with Crippen molar-refractivity contribution in [1.82, 2.24) is 5.43 Å². The van der Waals surface area contributed by atoms with E-state index in [1.165, 1.54) is 0 Å². The molecular formula is C15H15N3OS. The first-order valence-electron chi connectivity index (χ1n) is 6.10. The van der Waals surface area contributed by atoms with Crippen LogP contribution in [0, 0.1) is 0 Å². The van der Waals surface area contributed by atoms with Crippen molar-refractivity contribution in [1.29, 1.82) is 0 Å². The van der Waals surface area contributed by atoms with Crippen molar-refractivity contribution in [2.45, 2.75) is 6.61 Å². The molecule has 0 radical (unpaired) electrons. The molecule has 2 aromatic rings. The molecule has 0 aromatic heterocycles. The largest absolute Gasteiger partial charge is 0.489 e. The van der Waals surface area contributed by atoms with Gasteiger partial charge in [0.15, 0.2) is 5.11 Å². The lowest BCUT2D eigenvalue weighted by Gasteiger charge is -2.08. The van der Waals surface area contributed by atoms with Gasteiger partial charge in [-0.1, -0.05) is 42.5 Å². The van der Waals surface area contributed by atoms with E-state index >= 15 is 0 Å². The summed E-state index contributed by atoms with van der Waals surface area (Å²) in [4.78, 5) is 0. The molecule has 0 bridgehead atoms. The van der Waals surface area contributed by atoms with Crippen LogP contribution in [-0.2, 0) is 6.61 Å². The normalized spacial score (nSPS) is 10.4. The standard InChI is InChI=1S/C15H15N3OS/c16-15(20)18-17-10-12-6-4-5-7-13(12)11-19-14-8-2-1-3-9-14/h1-10H,11H2,(H3,16,18,20). The number of hydrogen-bond donors (Lipinski definition) is 2. The topological polar surface area (TPSA) is 59.6 Å². The van der Waals surface area contributed by atoms with E-state index in [9.17, 15) is 0 Å². The number of nitrogens with one attached hydrogen (secondary N) is 1. The molecule has 0 heterocycles. The van der Waals surface area contributed by atoms with E-state index in [-0.39, 0.29) is 5.11 Å². The summed E-state index contributed by atoms with van der Waals surface area (Å²) < 4.78 is 5.73. The molecule has 5 heteroatoms. The molecule has 0 unspecified atom stereocenters. The van der Waals surface area contributed by atoms with Crippen molar-refractivity contribution < 1.29 is 4.74 Å². The third-order valence-electron chi connectivity index (χ3n) is 2.57. The molecule has 0 atom stereocenters. The first-order chi connectivity index (χ1) is 9.75. The van der Waals surface area contributed by atoms with Crippen LogP contribution in [0.5, 0.6) is 5.75 Å². The molecular weight excluding hydrogens is 270 g/mol. The number of hydrogen-bond acceptors (Lipinski definition) is 3. The van der Waals surface area contributed by atoms with Gasteiger partial charge in [0.25, 0.3) is 0 Å². The average molecular weight is 285 g/mol. The number of benzene rings is 2. The van der Waals surface area contributed by atoms with Gasteiger partial charge in [0.05, 0.1) is 6.21 Å². The van der Waals surface area contributed by atoms with Gasteiger partial charge >= 0.3 is 0 Å². The summed E-state index contributed by atoms with van der Waals surface area (Å²) in [5.41, 5.74) is 9.83. The Morgan fingerprint density at radius 2 is 1.85 bits per heavy atom. The second-order valence-corrected chi connectivity index (χ2v) is 4.47. The van der Waals surface area contributed by atoms with Crippen molar-refractivity contribution in [3.05, 3.63) is 65.7 Å². The number of rotatable bonds is 5. The van der Waals surface area contributed by atoms with Gasteiger partial charge in [-0.05, 0) is 29.9 Å². The van der Waals surface area contributed by atoms with Crippen LogP contribution >= 0.6 is 12.2 Å². The molecule has 0 aliphatic carbocycles. The summed E-state index contributed by atoms with van der Waals surface area (Å²) in [7, 11) is 0. The monoisotopic (exact) mass is 285 g/mol. The number of nitrogens with zero attached hydrogens (tertiary/aromatic N) is 1. The van der Waals surface area contributed by atoms with Gasteiger partial charge in [0.2, 0.25) is 0 Å². The first-order valence-corrected chi connectivity index (χ1v) is 6.51. The molecule has 2 aromatic carbocycles. The number of ether oxygens (including phenoxy) is 1. The third-order valence-corrected chi connectivity index (χ3v) is 2.66. The minimum absolute atomic E-state index is 0.138. The highest BCUT2D eigenvalue weighted by atomic mass is 32.1. The zero-order valence-corrected chi connectivity index (χ0v) is 11.6. The van der Waals surface area contributed by atoms with Crippen molar-refractivity contribution in [2.75, 3.05) is 0 Å². The maximum Gasteiger partial charge on any atom is 0.184 e. The molecule has 0 fully saturated rings. The molecule has 2 rings (SSSR count). The Hall–Kier alpha value is -2.40. The minimum atomic E-state index is 0.138. The summed E-state index contributed by atoms with van der Waals surface area (Å²) in [5, 5.41) is 4.10. The zero-order chi connectivity index (χ0) is 14.2. The SMILES string of the molecule is NC(=S)NN=Cc1ccccc1COc1ccccc1. The maximum atomic E-state index is 5.73. The number of para-hydroxylation sites is 1. The Bertz CT molecular complexity index is 599. The lowest BCUT2D eigenvalue weighted by atomic mass is 10.1. The summed E-state index contributed by atoms with van der Waals surface area (Å²) in [6.45, 7) is 0.472. The molecule has 4 nitrogen and oxygen atoms in total. The van der Waals surface area contributed by atoms with Gasteiger partial charge in [-0.25, -0.2) is 0 Å². The lowest BCUT2D eigenvalue weighted by molar-refractivity contribution is 0.306. The average Bonchev–Trinajstić information content (AvgIpc) is 2.47. The minimum Gasteiger partial charge on any atom is -0.489 e. The quantitative estimate of drug-likeness (QED) is 0.503. The molecule has 102 valence electrons. The fourth-order valence-electron chi connectivity index (χ4n) is 1.63. The highest BCUT2D eigenvalue weighted by molar-refractivity contribution is 7.80. The van der Waals surface area contributed by atoms with Gasteiger partial charge in [0, 0.05) is 5.56 Å². The molecule has 0 aliphatic rings. The smallest absolute Gasteiger partial charge is 0.184 e. The van der Waals surface area contributed by atoms with E-state index < -0.39 is 0 Å². The Kier molecular flexibility index (Phi) is 5.08. The van der Waals surface area contributed by atoms with Gasteiger partial charge in [-0.2, -0.15) is 5.10 Å². The van der Waals surface area contributed by atoms with E-state index in [4.69, 9.17) is 10.5 Å². The predicted octanol–water partition coefficient (Wildman–Crippen LogP) is 2.43. The summed E-state index contributed by atoms with van der Waals surface area (Å²) in [6.07, 6.45) is 1.67. The summed E-state index contributed by atoms with van der Waals surface area (Å²) in [6, 6.07) is 17.5. The second-order valence-electron chi connectivity index (χ2n) is 4.03. The molecule has 0 saturated carbocycles. The molecule has 20 heavy (non-hydrogen) atoms. The highest BCUT2D eigenvalue weighted by Gasteiger charge is 2.00. The number of hydrazone groups is 1. The van der Waals surface area contributed by atoms with Crippen LogP contribution < -0.4 is 15.9 Å². The van der Waals surface area contributed by atoms with Crippen molar-refractivity contribution in [2.24, 2.45) is 10.8 Å². The lowest BCUT2D eigenvalue weighted by Crippen LogP contribution is -2.24. The molecule has 0 aliphatic heterocycles. The van der Waals surface area contributed by atoms with Gasteiger partial charge in [-0.15, -0.1) is 0 Å². The van der Waals surface area contributed by atoms with E-state index in [1.54, 1.807) is 6.21 Å². The van der Waals surface area contributed by atoms with E-state index in [0.29, 0.717) is 6.61 Å². The highest BCUT2D eigenvalue weighted by Crippen LogP contribution is 2.13. The van der Waals surface area contributed by atoms with Crippen molar-refractivity contribution in [3.8, 4) is 5.75 Å². The third kappa shape index (κ3) is 4.37. The Labute approximate surface area is 123 Å². The molecule has 0 amide bonds. The van der Waals surface area contributed by atoms with Crippen molar-refractivity contribution >= 4 is 23.5 Å². The zero-order valence-electron chi connectivity index (χ0n) is 10.8. The van der Waals surface area contributed by atoms with Crippen LogP contribution in [0.25, 0.3) is 0 Å². The van der Waals surface area contributed by atoms with Crippen LogP contribution in [0.2, 0.25) is 0 Å². The number of thiocarbonyl (C=S) groups is 1. The Balaban J connectivity index is 2.04. The van der Waals surface area contributed by atoms with Gasteiger partial charge < -0.3 is 10.5 Å². The maximum absolute atomic E-state index is 5.73. The number of nitrogens with two attached hydrogens (primary N) is 1. The fraction of sp³-hybridized carbons (Fsp3) is 0.0667. The van der Waals surface area contributed by atoms with E-state index in [0.717, 1.165) is 16.9 Å². The molecule has 0 spiro atoms. The van der Waals surface area contributed by atoms with Crippen LogP contribution in [0.3, 0.4) is 0 Å². The van der Waals surface area contributed by atoms with E-state index in [2.05, 4.69) is 22.7 Å².